The van der Waals surface area contributed by atoms with Crippen LogP contribution in [0.3, 0.4) is 0 Å². The molecule has 0 bridgehead atoms. The molecule has 1 aliphatic carbocycles. The Morgan fingerprint density at radius 2 is 2.08 bits per heavy atom. The average Bonchev–Trinajstić information content (AvgIpc) is 3.34. The van der Waals surface area contributed by atoms with Gasteiger partial charge in [-0.3, -0.25) is 9.59 Å². The fraction of sp³-hybridized carbons (Fsp3) is 0.333. The van der Waals surface area contributed by atoms with Gasteiger partial charge in [-0.1, -0.05) is 12.1 Å². The van der Waals surface area contributed by atoms with Crippen LogP contribution in [0.25, 0.3) is 0 Å². The van der Waals surface area contributed by atoms with Crippen LogP contribution in [0.15, 0.2) is 46.7 Å². The number of rotatable bonds is 6. The van der Waals surface area contributed by atoms with Crippen LogP contribution >= 0.6 is 23.1 Å². The van der Waals surface area contributed by atoms with Crippen molar-refractivity contribution < 1.29 is 14.7 Å². The Bertz CT molecular complexity index is 759. The number of benzene rings is 1. The van der Waals surface area contributed by atoms with Crippen LogP contribution in [-0.4, -0.2) is 29.7 Å². The standard InChI is InChI=1S/C18H20N2O3S2/c1-24-14-5-2-4-13(10-14)20-17(22)16(21)19-11-18(23,12-7-8-12)15-6-3-9-25-15/h2-6,9-10,12,23H,7-8,11H2,1H3,(H,19,21)(H,20,22). The van der Waals surface area contributed by atoms with Crippen molar-refractivity contribution in [1.29, 1.82) is 0 Å². The summed E-state index contributed by atoms with van der Waals surface area (Å²) >= 11 is 3.02. The van der Waals surface area contributed by atoms with Gasteiger partial charge in [0.15, 0.2) is 0 Å². The highest BCUT2D eigenvalue weighted by molar-refractivity contribution is 7.98. The van der Waals surface area contributed by atoms with E-state index >= 15 is 0 Å². The molecule has 2 aromatic rings. The number of carbonyl (C=O) groups is 2. The zero-order valence-electron chi connectivity index (χ0n) is 13.8. The lowest BCUT2D eigenvalue weighted by atomic mass is 9.95. The Hall–Kier alpha value is -1.83. The molecule has 1 aromatic heterocycles. The summed E-state index contributed by atoms with van der Waals surface area (Å²) in [6.45, 7) is 0.0370. The van der Waals surface area contributed by atoms with Gasteiger partial charge in [0.05, 0.1) is 6.54 Å². The molecule has 1 aromatic carbocycles. The molecule has 2 amide bonds. The highest BCUT2D eigenvalue weighted by atomic mass is 32.2. The second kappa shape index (κ2) is 7.59. The molecular weight excluding hydrogens is 356 g/mol. The number of thioether (sulfide) groups is 1. The van der Waals surface area contributed by atoms with Gasteiger partial charge < -0.3 is 15.7 Å². The Morgan fingerprint density at radius 1 is 1.28 bits per heavy atom. The van der Waals surface area contributed by atoms with Crippen molar-refractivity contribution in [2.75, 3.05) is 18.1 Å². The summed E-state index contributed by atoms with van der Waals surface area (Å²) in [4.78, 5) is 26.0. The molecule has 7 heteroatoms. The van der Waals surface area contributed by atoms with Crippen molar-refractivity contribution >= 4 is 40.6 Å². The molecule has 132 valence electrons. The second-order valence-electron chi connectivity index (χ2n) is 6.04. The van der Waals surface area contributed by atoms with Gasteiger partial charge in [-0.25, -0.2) is 0 Å². The quantitative estimate of drug-likeness (QED) is 0.535. The van der Waals surface area contributed by atoms with Crippen molar-refractivity contribution in [3.05, 3.63) is 46.7 Å². The summed E-state index contributed by atoms with van der Waals surface area (Å²) in [5, 5.41) is 18.0. The second-order valence-corrected chi connectivity index (χ2v) is 7.87. The molecule has 3 rings (SSSR count). The number of hydrogen-bond acceptors (Lipinski definition) is 5. The highest BCUT2D eigenvalue weighted by Gasteiger charge is 2.46. The van der Waals surface area contributed by atoms with E-state index in [2.05, 4.69) is 10.6 Å². The first-order valence-electron chi connectivity index (χ1n) is 8.02. The molecule has 0 saturated heterocycles. The Morgan fingerprint density at radius 3 is 2.72 bits per heavy atom. The van der Waals surface area contributed by atoms with Crippen LogP contribution in [0, 0.1) is 5.92 Å². The molecule has 1 heterocycles. The van der Waals surface area contributed by atoms with E-state index in [1.165, 1.54) is 11.3 Å². The lowest BCUT2D eigenvalue weighted by Crippen LogP contribution is -2.45. The summed E-state index contributed by atoms with van der Waals surface area (Å²) in [6.07, 6.45) is 3.80. The van der Waals surface area contributed by atoms with Crippen LogP contribution in [0.2, 0.25) is 0 Å². The average molecular weight is 377 g/mol. The van der Waals surface area contributed by atoms with E-state index in [0.717, 1.165) is 22.6 Å². The maximum absolute atomic E-state index is 12.1. The third-order valence-corrected chi connectivity index (χ3v) is 6.01. The monoisotopic (exact) mass is 376 g/mol. The lowest BCUT2D eigenvalue weighted by Gasteiger charge is -2.27. The van der Waals surface area contributed by atoms with Gasteiger partial charge in [-0.2, -0.15) is 0 Å². The smallest absolute Gasteiger partial charge is 0.313 e. The molecule has 1 atom stereocenters. The predicted molar refractivity (Wildman–Crippen MR) is 101 cm³/mol. The van der Waals surface area contributed by atoms with E-state index in [0.29, 0.717) is 5.69 Å². The maximum atomic E-state index is 12.1. The van der Waals surface area contributed by atoms with E-state index in [4.69, 9.17) is 0 Å². The minimum absolute atomic E-state index is 0.0370. The minimum atomic E-state index is -1.09. The maximum Gasteiger partial charge on any atom is 0.313 e. The van der Waals surface area contributed by atoms with Crippen molar-refractivity contribution in [1.82, 2.24) is 5.32 Å². The van der Waals surface area contributed by atoms with Gasteiger partial charge >= 0.3 is 11.8 Å². The van der Waals surface area contributed by atoms with E-state index in [-0.39, 0.29) is 12.5 Å². The molecule has 0 spiro atoms. The Kier molecular flexibility index (Phi) is 5.46. The van der Waals surface area contributed by atoms with Crippen LogP contribution in [-0.2, 0) is 15.2 Å². The fourth-order valence-corrected chi connectivity index (χ4v) is 4.07. The van der Waals surface area contributed by atoms with Crippen molar-refractivity contribution in [3.8, 4) is 0 Å². The number of aliphatic hydroxyl groups is 1. The van der Waals surface area contributed by atoms with E-state index in [1.807, 2.05) is 42.0 Å². The largest absolute Gasteiger partial charge is 0.382 e. The molecule has 0 aliphatic heterocycles. The number of anilines is 1. The van der Waals surface area contributed by atoms with Crippen LogP contribution in [0.4, 0.5) is 5.69 Å². The molecule has 1 saturated carbocycles. The number of thiophene rings is 1. The zero-order chi connectivity index (χ0) is 17.9. The topological polar surface area (TPSA) is 78.4 Å². The van der Waals surface area contributed by atoms with Gasteiger partial charge in [0, 0.05) is 15.5 Å². The van der Waals surface area contributed by atoms with Crippen molar-refractivity contribution in [2.45, 2.75) is 23.3 Å². The first-order chi connectivity index (χ1) is 12.0. The third kappa shape index (κ3) is 4.23. The fourth-order valence-electron chi connectivity index (χ4n) is 2.70. The van der Waals surface area contributed by atoms with Crippen LogP contribution < -0.4 is 10.6 Å². The molecule has 0 radical (unpaired) electrons. The lowest BCUT2D eigenvalue weighted by molar-refractivity contribution is -0.137. The van der Waals surface area contributed by atoms with Crippen LogP contribution in [0.1, 0.15) is 17.7 Å². The first-order valence-corrected chi connectivity index (χ1v) is 10.1. The van der Waals surface area contributed by atoms with Crippen molar-refractivity contribution in [2.24, 2.45) is 5.92 Å². The molecule has 5 nitrogen and oxygen atoms in total. The van der Waals surface area contributed by atoms with Gasteiger partial charge in [-0.05, 0) is 54.7 Å². The number of amides is 2. The summed E-state index contributed by atoms with van der Waals surface area (Å²) < 4.78 is 0. The SMILES string of the molecule is CSc1cccc(NC(=O)C(=O)NCC(O)(c2cccs2)C2CC2)c1. The zero-order valence-corrected chi connectivity index (χ0v) is 15.5. The van der Waals surface area contributed by atoms with Gasteiger partial charge in [-0.15, -0.1) is 23.1 Å². The molecular formula is C18H20N2O3S2. The molecule has 3 N–H and O–H groups in total. The summed E-state index contributed by atoms with van der Waals surface area (Å²) in [5.74, 6) is -1.35. The number of carbonyl (C=O) groups excluding carboxylic acids is 2. The van der Waals surface area contributed by atoms with E-state index in [1.54, 1.807) is 17.8 Å². The molecule has 1 unspecified atom stereocenters. The van der Waals surface area contributed by atoms with E-state index < -0.39 is 17.4 Å². The van der Waals surface area contributed by atoms with Gasteiger partial charge in [0.1, 0.15) is 5.60 Å². The number of hydrogen-bond donors (Lipinski definition) is 3. The van der Waals surface area contributed by atoms with E-state index in [9.17, 15) is 14.7 Å². The van der Waals surface area contributed by atoms with Crippen molar-refractivity contribution in [3.63, 3.8) is 0 Å². The summed E-state index contributed by atoms with van der Waals surface area (Å²) in [6, 6.07) is 11.0. The molecule has 1 fully saturated rings. The normalized spacial score (nSPS) is 16.1. The predicted octanol–water partition coefficient (Wildman–Crippen LogP) is 2.82. The number of nitrogens with one attached hydrogen (secondary N) is 2. The van der Waals surface area contributed by atoms with Gasteiger partial charge in [0.25, 0.3) is 0 Å². The molecule has 25 heavy (non-hydrogen) atoms. The minimum Gasteiger partial charge on any atom is -0.382 e. The Labute approximate surface area is 154 Å². The third-order valence-electron chi connectivity index (χ3n) is 4.25. The summed E-state index contributed by atoms with van der Waals surface area (Å²) in [5.41, 5.74) is -0.522. The summed E-state index contributed by atoms with van der Waals surface area (Å²) in [7, 11) is 0. The molecule has 1 aliphatic rings. The Balaban J connectivity index is 1.60. The van der Waals surface area contributed by atoms with Gasteiger partial charge in [0.2, 0.25) is 0 Å². The first kappa shape index (κ1) is 18.0. The van der Waals surface area contributed by atoms with Crippen LogP contribution in [0.5, 0.6) is 0 Å². The highest BCUT2D eigenvalue weighted by Crippen LogP contribution is 2.46.